The van der Waals surface area contributed by atoms with Gasteiger partial charge in [0.1, 0.15) is 36.3 Å². The highest BCUT2D eigenvalue weighted by molar-refractivity contribution is 5.99. The number of hydrogen-bond donors (Lipinski definition) is 10. The summed E-state index contributed by atoms with van der Waals surface area (Å²) in [7, 11) is 0. The normalized spacial score (nSPS) is 21.6. The summed E-state index contributed by atoms with van der Waals surface area (Å²) < 4.78 is 0. The third-order valence-corrected chi connectivity index (χ3v) is 11.4. The van der Waals surface area contributed by atoms with Crippen molar-refractivity contribution in [2.24, 2.45) is 5.73 Å². The lowest BCUT2D eigenvalue weighted by atomic mass is 9.99. The molecule has 3 aromatic heterocycles. The Bertz CT molecular complexity index is 2510. The molecule has 18 heteroatoms. The van der Waals surface area contributed by atoms with E-state index in [4.69, 9.17) is 5.73 Å². The number of para-hydroxylation sites is 1. The lowest BCUT2D eigenvalue weighted by Gasteiger charge is -2.29. The minimum Gasteiger partial charge on any atom is -0.361 e. The fourth-order valence-electron chi connectivity index (χ4n) is 7.89. The standard InChI is InChI=1S/C47H54N12O6/c48-18-10-9-17-36-42(60)57-39(21-31-24-51-35-16-8-7-15-34(31)35)45(63)56-37(19-29-11-3-1-4-12-29)43(61)55-38(20-30-13-5-2-6-14-30)44(62)58-41(23-33-26-50-28-53-33)47(65)59-40(46(64)54-36)22-32-25-49-27-52-32/h1-8,11-16,24-28,36-41,51H,9-10,17-23,48H2,(H,49,52)(H,50,53)(H,54,64)(H,55,61)(H,56,63)(H,57,60)(H,58,62)(H,59,65)/t36-,37-,38+,39+,40+,41-/m0/s1. The number of aromatic amines is 3. The van der Waals surface area contributed by atoms with Crippen LogP contribution in [0, 0.1) is 0 Å². The van der Waals surface area contributed by atoms with Crippen LogP contribution in [0.25, 0.3) is 10.9 Å². The Balaban J connectivity index is 1.29. The molecular formula is C47H54N12O6. The smallest absolute Gasteiger partial charge is 0.243 e. The number of aromatic nitrogens is 5. The molecule has 0 bridgehead atoms. The summed E-state index contributed by atoms with van der Waals surface area (Å²) in [5, 5.41) is 18.0. The number of rotatable bonds is 14. The highest BCUT2D eigenvalue weighted by Crippen LogP contribution is 2.20. The van der Waals surface area contributed by atoms with E-state index >= 15 is 0 Å². The van der Waals surface area contributed by atoms with Crippen LogP contribution >= 0.6 is 0 Å². The van der Waals surface area contributed by atoms with Gasteiger partial charge in [-0.25, -0.2) is 9.97 Å². The van der Waals surface area contributed by atoms with E-state index in [1.165, 1.54) is 25.0 Å². The highest BCUT2D eigenvalue weighted by Gasteiger charge is 2.36. The first kappa shape index (κ1) is 45.4. The van der Waals surface area contributed by atoms with Gasteiger partial charge in [0.05, 0.1) is 12.7 Å². The molecule has 6 amide bonds. The van der Waals surface area contributed by atoms with Crippen LogP contribution < -0.4 is 37.6 Å². The van der Waals surface area contributed by atoms with E-state index in [1.807, 2.05) is 72.8 Å². The Labute approximate surface area is 375 Å². The van der Waals surface area contributed by atoms with Gasteiger partial charge in [0.15, 0.2) is 0 Å². The minimum absolute atomic E-state index is 0.0139. The van der Waals surface area contributed by atoms with Gasteiger partial charge in [0.2, 0.25) is 35.4 Å². The van der Waals surface area contributed by atoms with Crippen molar-refractivity contribution in [1.82, 2.24) is 56.8 Å². The van der Waals surface area contributed by atoms with Gasteiger partial charge in [-0.1, -0.05) is 78.9 Å². The molecule has 0 spiro atoms. The molecule has 18 nitrogen and oxygen atoms in total. The molecule has 0 unspecified atom stereocenters. The van der Waals surface area contributed by atoms with Crippen molar-refractivity contribution in [3.63, 3.8) is 0 Å². The third-order valence-electron chi connectivity index (χ3n) is 11.4. The maximum absolute atomic E-state index is 14.7. The predicted octanol–water partition coefficient (Wildman–Crippen LogP) is 1.18. The first-order valence-electron chi connectivity index (χ1n) is 21.7. The van der Waals surface area contributed by atoms with Gasteiger partial charge in [0.25, 0.3) is 0 Å². The number of benzene rings is 3. The van der Waals surface area contributed by atoms with Crippen molar-refractivity contribution < 1.29 is 28.8 Å². The second kappa shape index (κ2) is 22.2. The van der Waals surface area contributed by atoms with Crippen LogP contribution in [0.1, 0.15) is 47.3 Å². The van der Waals surface area contributed by atoms with Crippen LogP contribution in [0.4, 0.5) is 0 Å². The van der Waals surface area contributed by atoms with Crippen molar-refractivity contribution in [3.8, 4) is 0 Å². The number of unbranched alkanes of at least 4 members (excludes halogenated alkanes) is 1. The number of carbonyl (C=O) groups excluding carboxylic acids is 6. The summed E-state index contributed by atoms with van der Waals surface area (Å²) in [6, 6.07) is 18.2. The highest BCUT2D eigenvalue weighted by atomic mass is 16.2. The molecular weight excluding hydrogens is 829 g/mol. The average molecular weight is 883 g/mol. The maximum Gasteiger partial charge on any atom is 0.243 e. The van der Waals surface area contributed by atoms with E-state index in [0.717, 1.165) is 22.0 Å². The number of hydrogen-bond acceptors (Lipinski definition) is 9. The molecule has 1 saturated heterocycles. The molecule has 11 N–H and O–H groups in total. The van der Waals surface area contributed by atoms with Crippen LogP contribution in [-0.4, -0.2) is 103 Å². The van der Waals surface area contributed by atoms with Crippen LogP contribution in [0.2, 0.25) is 0 Å². The summed E-state index contributed by atoms with van der Waals surface area (Å²) in [5.74, 6) is -4.08. The summed E-state index contributed by atoms with van der Waals surface area (Å²) in [5.41, 5.74) is 9.84. The maximum atomic E-state index is 14.7. The molecule has 3 aromatic carbocycles. The van der Waals surface area contributed by atoms with Crippen molar-refractivity contribution >= 4 is 46.3 Å². The Morgan fingerprint density at radius 1 is 0.446 bits per heavy atom. The quantitative estimate of drug-likeness (QED) is 0.0703. The molecule has 1 aliphatic heterocycles. The fraction of sp³-hybridized carbons (Fsp3) is 0.319. The summed E-state index contributed by atoms with van der Waals surface area (Å²) in [6.07, 6.45) is 8.77. The number of nitrogens with zero attached hydrogens (tertiary/aromatic N) is 2. The van der Waals surface area contributed by atoms with Crippen molar-refractivity contribution in [2.75, 3.05) is 6.54 Å². The summed E-state index contributed by atoms with van der Waals surface area (Å²) >= 11 is 0. The second-order valence-corrected chi connectivity index (χ2v) is 16.2. The van der Waals surface area contributed by atoms with Gasteiger partial charge in [0, 0.05) is 73.0 Å². The minimum atomic E-state index is -1.28. The monoisotopic (exact) mass is 882 g/mol. The number of nitrogens with two attached hydrogens (primary N) is 1. The molecule has 7 rings (SSSR count). The van der Waals surface area contributed by atoms with E-state index in [2.05, 4.69) is 56.8 Å². The molecule has 6 atom stereocenters. The molecule has 65 heavy (non-hydrogen) atoms. The number of nitrogens with one attached hydrogen (secondary N) is 9. The van der Waals surface area contributed by atoms with Crippen LogP contribution in [0.5, 0.6) is 0 Å². The fourth-order valence-corrected chi connectivity index (χ4v) is 7.89. The first-order valence-corrected chi connectivity index (χ1v) is 21.7. The molecule has 338 valence electrons. The molecule has 1 fully saturated rings. The zero-order valence-corrected chi connectivity index (χ0v) is 35.7. The first-order chi connectivity index (χ1) is 31.6. The summed E-state index contributed by atoms with van der Waals surface area (Å²) in [6.45, 7) is 0.340. The third kappa shape index (κ3) is 12.5. The van der Waals surface area contributed by atoms with Crippen LogP contribution in [-0.2, 0) is 60.9 Å². The number of fused-ring (bicyclic) bond motifs is 1. The van der Waals surface area contributed by atoms with Gasteiger partial charge in [-0.3, -0.25) is 28.8 Å². The number of carbonyl (C=O) groups is 6. The van der Waals surface area contributed by atoms with E-state index in [9.17, 15) is 28.8 Å². The zero-order chi connectivity index (χ0) is 45.5. The van der Waals surface area contributed by atoms with E-state index in [0.29, 0.717) is 36.3 Å². The SMILES string of the molecule is NCCCC[C@@H]1NC(=O)[C@@H](Cc2cnc[nH]2)NC(=O)[C@H](Cc2cnc[nH]2)NC(=O)[C@@H](Cc2ccccc2)NC(=O)[C@H](Cc2ccccc2)NC(=O)[C@@H](Cc2c[nH]c3ccccc23)NC1=O. The molecule has 6 aromatic rings. The molecule has 1 aliphatic rings. The average Bonchev–Trinajstić information content (AvgIpc) is 4.12. The molecule has 0 aliphatic carbocycles. The Hall–Kier alpha value is -7.60. The van der Waals surface area contributed by atoms with Gasteiger partial charge in [-0.05, 0) is 48.6 Å². The predicted molar refractivity (Wildman–Crippen MR) is 241 cm³/mol. The lowest BCUT2D eigenvalue weighted by molar-refractivity contribution is -0.136. The number of H-pyrrole nitrogens is 3. The lowest BCUT2D eigenvalue weighted by Crippen LogP contribution is -2.62. The van der Waals surface area contributed by atoms with E-state index in [1.54, 1.807) is 18.3 Å². The molecule has 4 heterocycles. The topological polar surface area (TPSA) is 274 Å². The van der Waals surface area contributed by atoms with E-state index in [-0.39, 0.29) is 38.5 Å². The van der Waals surface area contributed by atoms with Gasteiger partial charge >= 0.3 is 0 Å². The van der Waals surface area contributed by atoms with Crippen LogP contribution in [0.15, 0.2) is 116 Å². The summed E-state index contributed by atoms with van der Waals surface area (Å²) in [4.78, 5) is 105. The van der Waals surface area contributed by atoms with Crippen molar-refractivity contribution in [2.45, 2.75) is 87.6 Å². The number of imidazole rings is 2. The Morgan fingerprint density at radius 2 is 0.862 bits per heavy atom. The molecule has 0 saturated carbocycles. The van der Waals surface area contributed by atoms with Gasteiger partial charge < -0.3 is 52.6 Å². The van der Waals surface area contributed by atoms with E-state index < -0.39 is 71.7 Å². The zero-order valence-electron chi connectivity index (χ0n) is 35.7. The Morgan fingerprint density at radius 3 is 1.32 bits per heavy atom. The van der Waals surface area contributed by atoms with Gasteiger partial charge in [-0.2, -0.15) is 0 Å². The van der Waals surface area contributed by atoms with Crippen molar-refractivity contribution in [1.29, 1.82) is 0 Å². The molecule has 0 radical (unpaired) electrons. The van der Waals surface area contributed by atoms with Crippen LogP contribution in [0.3, 0.4) is 0 Å². The second-order valence-electron chi connectivity index (χ2n) is 16.2. The van der Waals surface area contributed by atoms with Crippen molar-refractivity contribution in [3.05, 3.63) is 144 Å². The largest absolute Gasteiger partial charge is 0.361 e. The Kier molecular flexibility index (Phi) is 15.5. The van der Waals surface area contributed by atoms with Gasteiger partial charge in [-0.15, -0.1) is 0 Å². The number of amides is 6.